The maximum atomic E-state index is 13.1. The van der Waals surface area contributed by atoms with Crippen LogP contribution in [0.25, 0.3) is 10.9 Å². The molecule has 4 heterocycles. The van der Waals surface area contributed by atoms with Gasteiger partial charge in [0.2, 0.25) is 0 Å². The zero-order valence-corrected chi connectivity index (χ0v) is 19.1. The van der Waals surface area contributed by atoms with Crippen molar-refractivity contribution in [2.75, 3.05) is 11.4 Å². The first-order valence-corrected chi connectivity index (χ1v) is 12.1. The number of rotatable bonds is 8. The second-order valence-corrected chi connectivity index (χ2v) is 9.39. The molecule has 5 rings (SSSR count). The number of carbonyl (C=O) groups excluding carboxylic acids is 1. The summed E-state index contributed by atoms with van der Waals surface area (Å²) in [6.45, 7) is 4.72. The Kier molecular flexibility index (Phi) is 5.94. The van der Waals surface area contributed by atoms with Gasteiger partial charge in [-0.25, -0.2) is 9.97 Å². The van der Waals surface area contributed by atoms with Gasteiger partial charge < -0.3 is 19.8 Å². The van der Waals surface area contributed by atoms with E-state index in [1.54, 1.807) is 6.20 Å². The van der Waals surface area contributed by atoms with Gasteiger partial charge in [0.15, 0.2) is 5.13 Å². The molecule has 1 aliphatic heterocycles. The third kappa shape index (κ3) is 4.27. The average Bonchev–Trinajstić information content (AvgIpc) is 3.56. The van der Waals surface area contributed by atoms with Crippen molar-refractivity contribution in [2.24, 2.45) is 0 Å². The first-order chi connectivity index (χ1) is 15.7. The van der Waals surface area contributed by atoms with Crippen molar-refractivity contribution in [2.45, 2.75) is 51.7 Å². The van der Waals surface area contributed by atoms with Gasteiger partial charge in [-0.2, -0.15) is 0 Å². The van der Waals surface area contributed by atoms with Crippen LogP contribution in [0.15, 0.2) is 49.2 Å². The van der Waals surface area contributed by atoms with Crippen LogP contribution in [0, 0.1) is 0 Å². The molecule has 8 heteroatoms. The highest BCUT2D eigenvalue weighted by atomic mass is 32.1. The number of aromatic nitrogens is 4. The predicted molar refractivity (Wildman–Crippen MR) is 128 cm³/mol. The molecule has 2 N–H and O–H groups in total. The van der Waals surface area contributed by atoms with Crippen molar-refractivity contribution in [1.29, 1.82) is 0 Å². The number of amides is 1. The fraction of sp³-hybridized carbons (Fsp3) is 0.375. The van der Waals surface area contributed by atoms with E-state index in [0.717, 1.165) is 56.0 Å². The number of nitrogens with one attached hydrogen (secondary N) is 2. The van der Waals surface area contributed by atoms with Crippen molar-refractivity contribution >= 4 is 33.3 Å². The second kappa shape index (κ2) is 9.16. The van der Waals surface area contributed by atoms with Crippen molar-refractivity contribution < 1.29 is 4.79 Å². The summed E-state index contributed by atoms with van der Waals surface area (Å²) in [5, 5.41) is 5.41. The van der Waals surface area contributed by atoms with Crippen LogP contribution >= 0.6 is 11.3 Å². The maximum Gasteiger partial charge on any atom is 0.263 e. The Morgan fingerprint density at radius 3 is 3.09 bits per heavy atom. The topological polar surface area (TPSA) is 78.8 Å². The Morgan fingerprint density at radius 2 is 2.19 bits per heavy atom. The standard InChI is InChI=1S/C24H28N6OS/c1-2-3-6-18(11-17-12-26-21-8-5-4-7-20(17)21)28-23(31)22-14-27-24(32-22)29-9-10-30-16-25-13-19(30)15-29/h4-5,7-8,12-14,16,18,26H,2-3,6,9-11,15H2,1H3,(H,28,31). The molecule has 166 valence electrons. The molecule has 3 aromatic heterocycles. The Labute approximate surface area is 191 Å². The van der Waals surface area contributed by atoms with Gasteiger partial charge in [-0.3, -0.25) is 4.79 Å². The fourth-order valence-electron chi connectivity index (χ4n) is 4.36. The number of unbranched alkanes of at least 4 members (excludes halogenated alkanes) is 1. The summed E-state index contributed by atoms with van der Waals surface area (Å²) < 4.78 is 2.17. The SMILES string of the molecule is CCCCC(Cc1c[nH]c2ccccc12)NC(=O)c1cnc(N2CCn3cncc3C2)s1. The van der Waals surface area contributed by atoms with Crippen LogP contribution in [0.3, 0.4) is 0 Å². The maximum absolute atomic E-state index is 13.1. The summed E-state index contributed by atoms with van der Waals surface area (Å²) >= 11 is 1.47. The smallest absolute Gasteiger partial charge is 0.263 e. The van der Waals surface area contributed by atoms with Crippen molar-refractivity contribution in [3.63, 3.8) is 0 Å². The van der Waals surface area contributed by atoms with Gasteiger partial charge >= 0.3 is 0 Å². The molecule has 0 spiro atoms. The second-order valence-electron chi connectivity index (χ2n) is 8.38. The van der Waals surface area contributed by atoms with Crippen LogP contribution in [0.5, 0.6) is 0 Å². The molecule has 4 aromatic rings. The molecule has 32 heavy (non-hydrogen) atoms. The van der Waals surface area contributed by atoms with E-state index >= 15 is 0 Å². The molecule has 1 aromatic carbocycles. The van der Waals surface area contributed by atoms with E-state index in [0.29, 0.717) is 4.88 Å². The number of aromatic amines is 1. The van der Waals surface area contributed by atoms with Crippen LogP contribution in [0.4, 0.5) is 5.13 Å². The van der Waals surface area contributed by atoms with E-state index in [2.05, 4.69) is 61.1 Å². The number of hydrogen-bond donors (Lipinski definition) is 2. The number of imidazole rings is 1. The molecular weight excluding hydrogens is 420 g/mol. The van der Waals surface area contributed by atoms with E-state index in [1.807, 2.05) is 18.6 Å². The minimum atomic E-state index is -0.0308. The van der Waals surface area contributed by atoms with Gasteiger partial charge in [-0.1, -0.05) is 49.3 Å². The first-order valence-electron chi connectivity index (χ1n) is 11.3. The lowest BCUT2D eigenvalue weighted by Gasteiger charge is -2.27. The highest BCUT2D eigenvalue weighted by molar-refractivity contribution is 7.17. The number of anilines is 1. The highest BCUT2D eigenvalue weighted by Crippen LogP contribution is 2.27. The number of benzene rings is 1. The Morgan fingerprint density at radius 1 is 1.28 bits per heavy atom. The number of fused-ring (bicyclic) bond motifs is 2. The number of carbonyl (C=O) groups is 1. The average molecular weight is 449 g/mol. The minimum absolute atomic E-state index is 0.0308. The van der Waals surface area contributed by atoms with Crippen molar-refractivity contribution in [3.05, 3.63) is 65.3 Å². The van der Waals surface area contributed by atoms with E-state index < -0.39 is 0 Å². The van der Waals surface area contributed by atoms with Crippen molar-refractivity contribution in [1.82, 2.24) is 24.8 Å². The monoisotopic (exact) mass is 448 g/mol. The molecule has 0 saturated carbocycles. The van der Waals surface area contributed by atoms with E-state index in [9.17, 15) is 4.79 Å². The number of para-hydroxylation sites is 1. The zero-order chi connectivity index (χ0) is 21.9. The molecule has 1 unspecified atom stereocenters. The van der Waals surface area contributed by atoms with Crippen LogP contribution in [0.2, 0.25) is 0 Å². The molecule has 0 aliphatic carbocycles. The van der Waals surface area contributed by atoms with Gasteiger partial charge in [-0.15, -0.1) is 0 Å². The molecule has 7 nitrogen and oxygen atoms in total. The third-order valence-electron chi connectivity index (χ3n) is 6.13. The van der Waals surface area contributed by atoms with Gasteiger partial charge in [-0.05, 0) is 24.5 Å². The lowest BCUT2D eigenvalue weighted by molar-refractivity contribution is 0.0938. The fourth-order valence-corrected chi connectivity index (χ4v) is 5.21. The van der Waals surface area contributed by atoms with Crippen molar-refractivity contribution in [3.8, 4) is 0 Å². The Balaban J connectivity index is 1.27. The minimum Gasteiger partial charge on any atom is -0.361 e. The normalized spacial score (nSPS) is 14.5. The highest BCUT2D eigenvalue weighted by Gasteiger charge is 2.22. The number of thiazole rings is 1. The van der Waals surface area contributed by atoms with E-state index in [1.165, 1.54) is 28.0 Å². The molecule has 0 saturated heterocycles. The summed E-state index contributed by atoms with van der Waals surface area (Å²) in [5.74, 6) is -0.0308. The Bertz CT molecular complexity index is 1210. The molecule has 0 bridgehead atoms. The summed E-state index contributed by atoms with van der Waals surface area (Å²) in [6, 6.07) is 8.42. The third-order valence-corrected chi connectivity index (χ3v) is 7.19. The van der Waals surface area contributed by atoms with E-state index in [4.69, 9.17) is 0 Å². The van der Waals surface area contributed by atoms with Gasteiger partial charge in [0.25, 0.3) is 5.91 Å². The largest absolute Gasteiger partial charge is 0.361 e. The summed E-state index contributed by atoms with van der Waals surface area (Å²) in [6.07, 6.45) is 11.5. The van der Waals surface area contributed by atoms with E-state index in [-0.39, 0.29) is 11.9 Å². The molecule has 1 atom stereocenters. The van der Waals surface area contributed by atoms with Crippen LogP contribution in [0.1, 0.15) is 47.1 Å². The Hall–Kier alpha value is -3.13. The van der Waals surface area contributed by atoms with Gasteiger partial charge in [0, 0.05) is 42.4 Å². The number of nitrogens with zero attached hydrogens (tertiary/aromatic N) is 4. The lowest BCUT2D eigenvalue weighted by Crippen LogP contribution is -2.36. The zero-order valence-electron chi connectivity index (χ0n) is 18.3. The van der Waals surface area contributed by atoms with Crippen LogP contribution < -0.4 is 10.2 Å². The predicted octanol–water partition coefficient (Wildman–Crippen LogP) is 4.37. The van der Waals surface area contributed by atoms with Crippen LogP contribution in [-0.2, 0) is 19.5 Å². The molecule has 1 aliphatic rings. The summed E-state index contributed by atoms with van der Waals surface area (Å²) in [5.41, 5.74) is 3.56. The van der Waals surface area contributed by atoms with Gasteiger partial charge in [0.1, 0.15) is 4.88 Å². The number of H-pyrrole nitrogens is 1. The lowest BCUT2D eigenvalue weighted by atomic mass is 10.0. The van der Waals surface area contributed by atoms with Gasteiger partial charge in [0.05, 0.1) is 24.8 Å². The molecule has 1 amide bonds. The summed E-state index contributed by atoms with van der Waals surface area (Å²) in [4.78, 5) is 28.1. The molecule has 0 radical (unpaired) electrons. The summed E-state index contributed by atoms with van der Waals surface area (Å²) in [7, 11) is 0. The van der Waals surface area contributed by atoms with Crippen LogP contribution in [-0.4, -0.2) is 38.0 Å². The quantitative estimate of drug-likeness (QED) is 0.419. The molecule has 0 fully saturated rings. The molecular formula is C24H28N6OS. The first kappa shape index (κ1) is 20.8. The number of hydrogen-bond acceptors (Lipinski definition) is 5.